The normalized spacial score (nSPS) is 19.3. The number of aliphatic hydroxyl groups is 3. The van der Waals surface area contributed by atoms with E-state index >= 15 is 0 Å². The molecule has 2 fully saturated rings. The summed E-state index contributed by atoms with van der Waals surface area (Å²) < 4.78 is 35.9. The van der Waals surface area contributed by atoms with E-state index in [0.29, 0.717) is 57.7 Å². The van der Waals surface area contributed by atoms with Gasteiger partial charge in [0.2, 0.25) is 11.9 Å². The van der Waals surface area contributed by atoms with Crippen LogP contribution < -0.4 is 36.0 Å². The zero-order valence-corrected chi connectivity index (χ0v) is 50.6. The lowest BCUT2D eigenvalue weighted by atomic mass is 9.79. The molecule has 0 saturated carbocycles. The molecule has 22 heteroatoms. The fourth-order valence-corrected chi connectivity index (χ4v) is 15.6. The third-order valence-electron chi connectivity index (χ3n) is 17.0. The fraction of sp³-hybridized carbons (Fsp3) is 0.284. The highest BCUT2D eigenvalue weighted by molar-refractivity contribution is 7.01. The number of fused-ring (bicyclic) bond motifs is 2. The lowest BCUT2D eigenvalue weighted by Crippen LogP contribution is -2.55. The number of aromatic amines is 1. The average Bonchev–Trinajstić information content (AvgIpc) is 1.73. The monoisotopic (exact) mass is 1220 g/mol. The van der Waals surface area contributed by atoms with Crippen LogP contribution in [0.4, 0.5) is 11.8 Å². The Hall–Kier alpha value is -9.26. The van der Waals surface area contributed by atoms with Crippen LogP contribution in [-0.4, -0.2) is 125 Å². The van der Waals surface area contributed by atoms with Crippen LogP contribution in [0, 0.1) is 5.92 Å². The molecule has 0 aliphatic carbocycles. The summed E-state index contributed by atoms with van der Waals surface area (Å²) in [5, 5.41) is 46.6. The van der Waals surface area contributed by atoms with Gasteiger partial charge in [-0.1, -0.05) is 164 Å². The SMILES string of the molecule is COc1ccc(C(OC(C(O)[C@H]2O[C@@H](n3cnc4c(NC(=O)c5ccccc5)nc(CC[Si](C)(c5ccccc5)c5ccccc5)nc43)C[C@@H]2O)[C@H]2O[C@@H](n3cnc4c(=O)[nH]c(NC(=O)C(C)C)nc43)C[C@@H]2O)(c2ccccc2)c2ccc(OC)cc2)cc1. The Labute approximate surface area is 513 Å². The molecular formula is C67H68N10O11Si. The van der Waals surface area contributed by atoms with E-state index < -0.39 is 80.1 Å². The number of benzene rings is 6. The number of aromatic nitrogens is 8. The Morgan fingerprint density at radius 1 is 0.663 bits per heavy atom. The summed E-state index contributed by atoms with van der Waals surface area (Å²) >= 11 is 0. The predicted molar refractivity (Wildman–Crippen MR) is 336 cm³/mol. The molecule has 4 aromatic heterocycles. The van der Waals surface area contributed by atoms with Crippen LogP contribution >= 0.6 is 0 Å². The van der Waals surface area contributed by atoms with Gasteiger partial charge in [-0.3, -0.25) is 33.8 Å². The van der Waals surface area contributed by atoms with Crippen LogP contribution in [0.15, 0.2) is 187 Å². The molecule has 2 aliphatic rings. The van der Waals surface area contributed by atoms with Gasteiger partial charge in [0.25, 0.3) is 11.5 Å². The summed E-state index contributed by atoms with van der Waals surface area (Å²) in [7, 11) is 0.697. The van der Waals surface area contributed by atoms with E-state index in [1.807, 2.05) is 72.8 Å². The third-order valence-corrected chi connectivity index (χ3v) is 21.4. The lowest BCUT2D eigenvalue weighted by Gasteiger charge is -2.43. The van der Waals surface area contributed by atoms with E-state index in [0.717, 1.165) is 0 Å². The first-order chi connectivity index (χ1) is 43.1. The molecular weight excluding hydrogens is 1150 g/mol. The molecule has 6 N–H and O–H groups in total. The molecule has 8 atom stereocenters. The molecule has 10 aromatic rings. The number of nitrogens with zero attached hydrogens (tertiary/aromatic N) is 7. The van der Waals surface area contributed by atoms with Crippen molar-refractivity contribution in [3.63, 3.8) is 0 Å². The first-order valence-corrected chi connectivity index (χ1v) is 32.2. The number of rotatable bonds is 21. The van der Waals surface area contributed by atoms with E-state index in [-0.39, 0.29) is 47.2 Å². The molecule has 456 valence electrons. The number of methoxy groups -OCH3 is 2. The first kappa shape index (κ1) is 60.0. The van der Waals surface area contributed by atoms with Crippen molar-refractivity contribution in [2.24, 2.45) is 5.92 Å². The van der Waals surface area contributed by atoms with Gasteiger partial charge in [-0.05, 0) is 59.1 Å². The number of ether oxygens (including phenoxy) is 5. The topological polar surface area (TPSA) is 272 Å². The van der Waals surface area contributed by atoms with Gasteiger partial charge < -0.3 is 44.3 Å². The predicted octanol–water partition coefficient (Wildman–Crippen LogP) is 7.29. The smallest absolute Gasteiger partial charge is 0.280 e. The highest BCUT2D eigenvalue weighted by Gasteiger charge is 2.54. The van der Waals surface area contributed by atoms with Gasteiger partial charge >= 0.3 is 0 Å². The number of anilines is 2. The number of nitrogens with one attached hydrogen (secondary N) is 3. The Morgan fingerprint density at radius 2 is 1.16 bits per heavy atom. The molecule has 0 radical (unpaired) electrons. The van der Waals surface area contributed by atoms with Crippen LogP contribution in [0.1, 0.15) is 72.0 Å². The first-order valence-electron chi connectivity index (χ1n) is 29.5. The lowest BCUT2D eigenvalue weighted by molar-refractivity contribution is -0.208. The van der Waals surface area contributed by atoms with E-state index in [1.165, 1.54) is 27.6 Å². The average molecular weight is 1220 g/mol. The number of aliphatic hydroxyl groups excluding tert-OH is 3. The summed E-state index contributed by atoms with van der Waals surface area (Å²) in [5.74, 6) is 0.430. The largest absolute Gasteiger partial charge is 0.497 e. The Bertz CT molecular complexity index is 4070. The van der Waals surface area contributed by atoms with Crippen molar-refractivity contribution >= 4 is 64.4 Å². The maximum Gasteiger partial charge on any atom is 0.280 e. The number of carbonyl (C=O) groups is 2. The van der Waals surface area contributed by atoms with Gasteiger partial charge in [0.15, 0.2) is 28.1 Å². The maximum absolute atomic E-state index is 14.0. The Morgan fingerprint density at radius 3 is 1.71 bits per heavy atom. The van der Waals surface area contributed by atoms with Gasteiger partial charge in [0.1, 0.15) is 67.9 Å². The molecule has 6 aromatic carbocycles. The quantitative estimate of drug-likeness (QED) is 0.0304. The number of aryl methyl sites for hydroxylation is 1. The number of hydrogen-bond acceptors (Lipinski definition) is 16. The van der Waals surface area contributed by atoms with E-state index in [9.17, 15) is 29.7 Å². The Kier molecular flexibility index (Phi) is 17.2. The minimum absolute atomic E-state index is 0.0487. The Balaban J connectivity index is 0.946. The van der Waals surface area contributed by atoms with Crippen molar-refractivity contribution in [2.75, 3.05) is 24.9 Å². The van der Waals surface area contributed by atoms with Gasteiger partial charge in [0, 0.05) is 30.7 Å². The minimum atomic E-state index is -2.43. The van der Waals surface area contributed by atoms with Crippen LogP contribution in [0.25, 0.3) is 22.3 Å². The second-order valence-electron chi connectivity index (χ2n) is 22.9. The zero-order chi connectivity index (χ0) is 62.0. The van der Waals surface area contributed by atoms with Crippen LogP contribution in [-0.2, 0) is 31.0 Å². The van der Waals surface area contributed by atoms with Crippen LogP contribution in [0.5, 0.6) is 11.5 Å². The molecule has 2 unspecified atom stereocenters. The van der Waals surface area contributed by atoms with Crippen molar-refractivity contribution in [2.45, 2.75) is 100 Å². The standard InChI is InChI=1S/C67H68N10O11Si/c1-40(2)63(81)74-66-73-62-55(65(83)75-66)69-39-77(62)53-37-50(79)58(87-53)59(88-67(42-20-12-7-13-21-42,43-26-30-45(84-3)31-27-43)44-28-32-46(85-4)33-29-44)56(80)57-49(78)36-52(86-57)76-38-68-54-60(72-64(82)41-18-10-6-11-19-41)70-51(71-61(54)76)34-35-89(5,47-22-14-8-15-23-47)48-24-16-9-17-25-48/h6-33,38-40,49-50,52-53,56-59,78-80H,34-37H2,1-5H3,(H,70,71,72,82)(H2,73,74,75,81,83)/t49-,50-,52+,53+,56?,57-,58-,59?/m0/s1. The van der Waals surface area contributed by atoms with Gasteiger partial charge in [-0.15, -0.1) is 0 Å². The fourth-order valence-electron chi connectivity index (χ4n) is 12.1. The van der Waals surface area contributed by atoms with E-state index in [2.05, 4.69) is 80.7 Å². The van der Waals surface area contributed by atoms with Gasteiger partial charge in [-0.2, -0.15) is 4.98 Å². The van der Waals surface area contributed by atoms with Crippen molar-refractivity contribution < 1.29 is 48.6 Å². The molecule has 2 aliphatic heterocycles. The van der Waals surface area contributed by atoms with E-state index in [1.54, 1.807) is 81.2 Å². The molecule has 0 bridgehead atoms. The zero-order valence-electron chi connectivity index (χ0n) is 49.6. The second-order valence-corrected chi connectivity index (χ2v) is 27.2. The number of carbonyl (C=O) groups excluding carboxylic acids is 2. The van der Waals surface area contributed by atoms with Crippen molar-refractivity contribution in [1.29, 1.82) is 0 Å². The number of hydrogen-bond donors (Lipinski definition) is 6. The summed E-state index contributed by atoms with van der Waals surface area (Å²) in [6.45, 7) is 5.73. The molecule has 12 rings (SSSR count). The summed E-state index contributed by atoms with van der Waals surface area (Å²) in [4.78, 5) is 66.7. The van der Waals surface area contributed by atoms with Crippen LogP contribution in [0.3, 0.4) is 0 Å². The number of amides is 2. The third kappa shape index (κ3) is 11.9. The van der Waals surface area contributed by atoms with Crippen molar-refractivity contribution in [3.05, 3.63) is 221 Å². The van der Waals surface area contributed by atoms with Crippen molar-refractivity contribution in [1.82, 2.24) is 39.0 Å². The summed E-state index contributed by atoms with van der Waals surface area (Å²) in [5.41, 5.74) is 0.560. The van der Waals surface area contributed by atoms with Gasteiger partial charge in [0.05, 0.1) is 39.1 Å². The molecule has 21 nitrogen and oxygen atoms in total. The minimum Gasteiger partial charge on any atom is -0.497 e. The highest BCUT2D eigenvalue weighted by Crippen LogP contribution is 2.47. The number of imidazole rings is 2. The van der Waals surface area contributed by atoms with E-state index in [4.69, 9.17) is 38.6 Å². The second kappa shape index (κ2) is 25.4. The summed E-state index contributed by atoms with van der Waals surface area (Å²) in [6, 6.07) is 54.4. The van der Waals surface area contributed by atoms with Crippen molar-refractivity contribution in [3.8, 4) is 11.5 Å². The highest BCUT2D eigenvalue weighted by atomic mass is 28.3. The van der Waals surface area contributed by atoms with Gasteiger partial charge in [-0.25, -0.2) is 19.9 Å². The molecule has 0 spiro atoms. The maximum atomic E-state index is 14.0. The molecule has 6 heterocycles. The summed E-state index contributed by atoms with van der Waals surface area (Å²) in [6.07, 6.45) is -7.92. The molecule has 89 heavy (non-hydrogen) atoms. The molecule has 2 saturated heterocycles. The molecule has 2 amide bonds. The number of H-pyrrole nitrogens is 1. The van der Waals surface area contributed by atoms with Crippen LogP contribution in [0.2, 0.25) is 12.6 Å².